The van der Waals surface area contributed by atoms with Crippen molar-refractivity contribution in [2.45, 2.75) is 117 Å². The van der Waals surface area contributed by atoms with Crippen LogP contribution in [-0.4, -0.2) is 153 Å². The molecule has 7 fully saturated rings. The number of carbonyl (C=O) groups excluding carboxylic acids is 1. The van der Waals surface area contributed by atoms with Crippen LogP contribution in [0.5, 0.6) is 0 Å². The van der Waals surface area contributed by atoms with Crippen LogP contribution >= 0.6 is 0 Å². The molecule has 0 bridgehead atoms. The zero-order chi connectivity index (χ0) is 31.8. The molecule has 46 heavy (non-hydrogen) atoms. The van der Waals surface area contributed by atoms with Crippen LogP contribution in [0, 0.1) is 0 Å². The van der Waals surface area contributed by atoms with E-state index in [2.05, 4.69) is 9.80 Å². The van der Waals surface area contributed by atoms with E-state index in [1.54, 1.807) is 7.11 Å². The molecule has 13 heteroatoms. The summed E-state index contributed by atoms with van der Waals surface area (Å²) in [5.74, 6) is 0. The Morgan fingerprint density at radius 2 is 0.913 bits per heavy atom. The normalized spacial score (nSPS) is 34.9. The van der Waals surface area contributed by atoms with Gasteiger partial charge in [-0.2, -0.15) is 0 Å². The molecule has 0 aromatic carbocycles. The van der Waals surface area contributed by atoms with E-state index in [0.29, 0.717) is 156 Å². The van der Waals surface area contributed by atoms with Gasteiger partial charge in [0.05, 0.1) is 54.6 Å². The van der Waals surface area contributed by atoms with Crippen LogP contribution in [0.2, 0.25) is 0 Å². The second kappa shape index (κ2) is 13.6. The number of hydroxylamine groups is 4. The Bertz CT molecular complexity index is 912. The fourth-order valence-electron chi connectivity index (χ4n) is 10.1. The Morgan fingerprint density at radius 1 is 0.587 bits per heavy atom. The highest BCUT2D eigenvalue weighted by atomic mass is 16.5. The molecule has 7 saturated heterocycles. The molecule has 0 atom stereocenters. The molecule has 7 aliphatic heterocycles. The summed E-state index contributed by atoms with van der Waals surface area (Å²) in [7, 11) is 1.67. The number of hydrogen-bond donors (Lipinski definition) is 0. The predicted octanol–water partition coefficient (Wildman–Crippen LogP) is 2.57. The van der Waals surface area contributed by atoms with Crippen molar-refractivity contribution in [3.05, 3.63) is 0 Å². The lowest BCUT2D eigenvalue weighted by Crippen LogP contribution is -2.73. The fourth-order valence-corrected chi connectivity index (χ4v) is 10.1. The lowest BCUT2D eigenvalue weighted by atomic mass is 9.68. The smallest absolute Gasteiger partial charge is 0.320 e. The second-order valence-electron chi connectivity index (χ2n) is 15.1. The molecule has 13 nitrogen and oxygen atoms in total. The number of methoxy groups -OCH3 is 1. The van der Waals surface area contributed by atoms with Crippen molar-refractivity contribution in [2.75, 3.05) is 86.3 Å². The first-order chi connectivity index (χ1) is 22.3. The van der Waals surface area contributed by atoms with E-state index in [4.69, 9.17) is 28.4 Å². The Hall–Kier alpha value is -1.13. The van der Waals surface area contributed by atoms with Crippen LogP contribution in [-0.2, 0) is 38.8 Å². The molecular weight excluding hydrogens is 596 g/mol. The van der Waals surface area contributed by atoms with Gasteiger partial charge in [-0.25, -0.2) is 4.79 Å². The van der Waals surface area contributed by atoms with Crippen molar-refractivity contribution in [1.29, 1.82) is 0 Å². The summed E-state index contributed by atoms with van der Waals surface area (Å²) >= 11 is 0. The van der Waals surface area contributed by atoms with Gasteiger partial charge in [0.15, 0.2) is 0 Å². The van der Waals surface area contributed by atoms with Crippen molar-refractivity contribution in [3.63, 3.8) is 0 Å². The summed E-state index contributed by atoms with van der Waals surface area (Å²) < 4.78 is 34.7. The van der Waals surface area contributed by atoms with E-state index < -0.39 is 22.2 Å². The Morgan fingerprint density at radius 3 is 1.22 bits per heavy atom. The summed E-state index contributed by atoms with van der Waals surface area (Å²) in [5, 5.41) is 31.5. The summed E-state index contributed by atoms with van der Waals surface area (Å²) in [4.78, 5) is 19.0. The van der Waals surface area contributed by atoms with Gasteiger partial charge in [-0.3, -0.25) is 0 Å². The Labute approximate surface area is 273 Å². The molecule has 7 heterocycles. The molecule has 2 amide bonds. The lowest BCUT2D eigenvalue weighted by molar-refractivity contribution is -0.336. The second-order valence-corrected chi connectivity index (χ2v) is 15.1. The van der Waals surface area contributed by atoms with E-state index in [0.717, 1.165) is 0 Å². The molecule has 4 spiro atoms. The van der Waals surface area contributed by atoms with Gasteiger partial charge in [0, 0.05) is 72.0 Å². The van der Waals surface area contributed by atoms with E-state index in [1.807, 2.05) is 0 Å². The topological polar surface area (TPSA) is 125 Å². The highest BCUT2D eigenvalue weighted by Crippen LogP contribution is 2.51. The quantitative estimate of drug-likeness (QED) is 0.399. The lowest BCUT2D eigenvalue weighted by Gasteiger charge is -2.61. The minimum absolute atomic E-state index is 0.0223. The first-order valence-electron chi connectivity index (χ1n) is 17.8. The van der Waals surface area contributed by atoms with E-state index in [9.17, 15) is 15.2 Å². The van der Waals surface area contributed by atoms with Gasteiger partial charge in [-0.1, -0.05) is 0 Å². The van der Waals surface area contributed by atoms with E-state index in [-0.39, 0.29) is 24.2 Å². The van der Waals surface area contributed by atoms with Crippen LogP contribution in [0.3, 0.4) is 0 Å². The maximum absolute atomic E-state index is 14.9. The zero-order valence-electron chi connectivity index (χ0n) is 27.7. The number of nitrogens with zero attached hydrogens (tertiary/aromatic N) is 4. The Kier molecular flexibility index (Phi) is 9.90. The molecule has 2 radical (unpaired) electrons. The van der Waals surface area contributed by atoms with Crippen LogP contribution < -0.4 is 0 Å². The minimum atomic E-state index is -0.556. The van der Waals surface area contributed by atoms with Gasteiger partial charge in [-0.05, 0) is 77.0 Å². The largest absolute Gasteiger partial charge is 0.382 e. The first kappa shape index (κ1) is 33.4. The molecule has 0 aromatic rings. The van der Waals surface area contributed by atoms with Crippen molar-refractivity contribution in [3.8, 4) is 0 Å². The number of hydrogen-bond acceptors (Lipinski definition) is 9. The highest BCUT2D eigenvalue weighted by molar-refractivity contribution is 5.76. The standard InChI is InChI=1S/C33H54N4O9/c1-41-18-19-46-28-24-34(26-20-30(2-10-42-11-3-30)36(39)31(21-26)4-12-43-13-5-31)29(38)35(25-28)27-22-32(6-14-44-15-7-32)37(40)33(23-27)8-16-45-17-9-33/h26-28H,2-25H2,1H3. The third-order valence-corrected chi connectivity index (χ3v) is 12.7. The number of piperidine rings is 2. The van der Waals surface area contributed by atoms with Gasteiger partial charge < -0.3 is 38.2 Å². The molecule has 260 valence electrons. The van der Waals surface area contributed by atoms with Gasteiger partial charge in [0.25, 0.3) is 0 Å². The van der Waals surface area contributed by atoms with Crippen LogP contribution in [0.15, 0.2) is 0 Å². The van der Waals surface area contributed by atoms with Crippen LogP contribution in [0.1, 0.15) is 77.0 Å². The molecule has 0 saturated carbocycles. The summed E-state index contributed by atoms with van der Waals surface area (Å²) in [5.41, 5.74) is -2.22. The van der Waals surface area contributed by atoms with Crippen molar-refractivity contribution in [2.24, 2.45) is 0 Å². The molecule has 0 aromatic heterocycles. The predicted molar refractivity (Wildman–Crippen MR) is 163 cm³/mol. The summed E-state index contributed by atoms with van der Waals surface area (Å²) in [6.07, 6.45) is 7.72. The molecule has 0 N–H and O–H groups in total. The number of amides is 2. The average Bonchev–Trinajstić information content (AvgIpc) is 3.08. The molecule has 0 aliphatic carbocycles. The zero-order valence-corrected chi connectivity index (χ0v) is 27.7. The van der Waals surface area contributed by atoms with Crippen molar-refractivity contribution >= 4 is 6.03 Å². The number of urea groups is 1. The molecule has 7 aliphatic rings. The maximum atomic E-state index is 14.9. The van der Waals surface area contributed by atoms with Crippen LogP contribution in [0.4, 0.5) is 4.79 Å². The van der Waals surface area contributed by atoms with E-state index >= 15 is 0 Å². The third kappa shape index (κ3) is 6.01. The van der Waals surface area contributed by atoms with Crippen molar-refractivity contribution < 1.29 is 43.6 Å². The number of carbonyl (C=O) groups is 1. The average molecular weight is 651 g/mol. The minimum Gasteiger partial charge on any atom is -0.382 e. The SMILES string of the molecule is COCCOC1CN(C2CC3(CCOCC3)N([O])C3(CCOCC3)C2)C(=O)N(C2CC3(CCOCC3)N([O])C3(CCOCC3)C2)C1. The maximum Gasteiger partial charge on any atom is 0.320 e. The molecular formula is C33H54N4O9. The monoisotopic (exact) mass is 650 g/mol. The molecule has 7 rings (SSSR count). The van der Waals surface area contributed by atoms with Crippen LogP contribution in [0.25, 0.3) is 0 Å². The fraction of sp³-hybridized carbons (Fsp3) is 0.970. The number of rotatable bonds is 6. The summed E-state index contributed by atoms with van der Waals surface area (Å²) in [6.45, 7) is 6.39. The van der Waals surface area contributed by atoms with E-state index in [1.165, 1.54) is 10.1 Å². The Balaban J connectivity index is 1.21. The molecule has 0 unspecified atom stereocenters. The number of ether oxygens (including phenoxy) is 6. The van der Waals surface area contributed by atoms with Gasteiger partial charge in [0.1, 0.15) is 0 Å². The van der Waals surface area contributed by atoms with Gasteiger partial charge >= 0.3 is 6.03 Å². The van der Waals surface area contributed by atoms with Gasteiger partial charge in [-0.15, -0.1) is 20.5 Å². The third-order valence-electron chi connectivity index (χ3n) is 12.7. The summed E-state index contributed by atoms with van der Waals surface area (Å²) in [6, 6.07) is -0.174. The first-order valence-corrected chi connectivity index (χ1v) is 17.8. The van der Waals surface area contributed by atoms with Gasteiger partial charge in [0.2, 0.25) is 0 Å². The highest BCUT2D eigenvalue weighted by Gasteiger charge is 2.61. The van der Waals surface area contributed by atoms with Crippen molar-refractivity contribution in [1.82, 2.24) is 19.9 Å².